The van der Waals surface area contributed by atoms with Gasteiger partial charge in [0, 0.05) is 29.5 Å². The molecule has 0 spiro atoms. The van der Waals surface area contributed by atoms with Gasteiger partial charge < -0.3 is 9.64 Å². The second-order valence-corrected chi connectivity index (χ2v) is 12.9. The van der Waals surface area contributed by atoms with E-state index in [-0.39, 0.29) is 53.0 Å². The van der Waals surface area contributed by atoms with E-state index in [1.54, 1.807) is 12.1 Å². The van der Waals surface area contributed by atoms with E-state index in [1.807, 2.05) is 32.6 Å². The second kappa shape index (κ2) is 9.78. The Morgan fingerprint density at radius 3 is 2.28 bits per heavy atom. The Balaban J connectivity index is 1.30. The van der Waals surface area contributed by atoms with Crippen molar-refractivity contribution in [1.82, 2.24) is 15.2 Å². The summed E-state index contributed by atoms with van der Waals surface area (Å²) < 4.78 is 31.2. The van der Waals surface area contributed by atoms with Crippen LogP contribution in [0.3, 0.4) is 0 Å². The highest BCUT2D eigenvalue weighted by Gasteiger charge is 2.65. The smallest absolute Gasteiger partial charge is 0.266 e. The third-order valence-corrected chi connectivity index (χ3v) is 10.1. The molecule has 0 unspecified atom stereocenters. The maximum Gasteiger partial charge on any atom is 0.266 e. The molecule has 0 aromatic heterocycles. The van der Waals surface area contributed by atoms with Crippen molar-refractivity contribution in [2.45, 2.75) is 78.3 Å². The molecular weight excluding hydrogens is 482 g/mol. The lowest BCUT2D eigenvalue weighted by Crippen LogP contribution is -2.49. The number of ether oxygens (including phenoxy) is 1. The van der Waals surface area contributed by atoms with E-state index in [4.69, 9.17) is 4.74 Å². The first-order valence-electron chi connectivity index (χ1n) is 12.7. The number of ketones is 1. The van der Waals surface area contributed by atoms with Gasteiger partial charge in [0.1, 0.15) is 11.5 Å². The van der Waals surface area contributed by atoms with Crippen LogP contribution in [0.15, 0.2) is 24.3 Å². The van der Waals surface area contributed by atoms with Crippen molar-refractivity contribution in [3.63, 3.8) is 0 Å². The summed E-state index contributed by atoms with van der Waals surface area (Å²) >= 11 is 0. The topological polar surface area (TPSA) is 122 Å². The van der Waals surface area contributed by atoms with Crippen LogP contribution in [0.1, 0.15) is 76.6 Å². The van der Waals surface area contributed by atoms with Crippen LogP contribution in [0.5, 0.6) is 5.75 Å². The van der Waals surface area contributed by atoms with Gasteiger partial charge in [-0.2, -0.15) is 0 Å². The van der Waals surface area contributed by atoms with Gasteiger partial charge in [-0.25, -0.2) is 8.42 Å². The predicted molar refractivity (Wildman–Crippen MR) is 135 cm³/mol. The quantitative estimate of drug-likeness (QED) is 0.510. The molecule has 3 fully saturated rings. The van der Waals surface area contributed by atoms with Crippen molar-refractivity contribution >= 4 is 27.6 Å². The molecule has 1 aromatic rings. The number of hydrazine groups is 1. The third-order valence-electron chi connectivity index (χ3n) is 8.86. The van der Waals surface area contributed by atoms with Gasteiger partial charge in [-0.1, -0.05) is 13.8 Å². The summed E-state index contributed by atoms with van der Waals surface area (Å²) in [4.78, 5) is 41.8. The molecule has 2 N–H and O–H groups in total. The summed E-state index contributed by atoms with van der Waals surface area (Å²) in [6.07, 6.45) is 4.90. The number of hydrogen-bond donors (Lipinski definition) is 2. The van der Waals surface area contributed by atoms with Gasteiger partial charge in [-0.05, 0) is 81.5 Å². The fourth-order valence-corrected chi connectivity index (χ4v) is 8.15. The van der Waals surface area contributed by atoms with Crippen molar-refractivity contribution in [1.29, 1.82) is 0 Å². The Morgan fingerprint density at radius 1 is 1.08 bits per heavy atom. The van der Waals surface area contributed by atoms with E-state index < -0.39 is 21.3 Å². The number of likely N-dealkylation sites (tertiary alicyclic amines) is 1. The molecule has 1 aromatic carbocycles. The fourth-order valence-electron chi connectivity index (χ4n) is 6.50. The average Bonchev–Trinajstić information content (AvgIpc) is 3.15. The van der Waals surface area contributed by atoms with Gasteiger partial charge >= 0.3 is 0 Å². The standard InChI is InChI=1S/C26H37N3O6S/c1-17-6-5-7-18(2)29(17)23(31)15-35-21-10-8-19(9-11-21)24(32)27-28-36(33,34)16-26-13-12-20(14-22(26)30)25(26,3)4/h8-11,17-18,20,28H,5-7,12-16H2,1-4H3,(H,27,32)/t17-,18-,20+,26+/m1/s1. The van der Waals surface area contributed by atoms with Crippen LogP contribution in [0.25, 0.3) is 0 Å². The molecule has 36 heavy (non-hydrogen) atoms. The van der Waals surface area contributed by atoms with Gasteiger partial charge in [0.25, 0.3) is 11.8 Å². The Hall–Kier alpha value is -2.46. The number of amides is 2. The third kappa shape index (κ3) is 4.89. The Labute approximate surface area is 213 Å². The number of benzene rings is 1. The van der Waals surface area contributed by atoms with Gasteiger partial charge in [-0.3, -0.25) is 19.8 Å². The van der Waals surface area contributed by atoms with Crippen LogP contribution in [0, 0.1) is 16.7 Å². The minimum Gasteiger partial charge on any atom is -0.484 e. The van der Waals surface area contributed by atoms with Gasteiger partial charge in [0.15, 0.2) is 6.61 Å². The lowest BCUT2D eigenvalue weighted by atomic mass is 9.70. The van der Waals surface area contributed by atoms with Crippen LogP contribution >= 0.6 is 0 Å². The van der Waals surface area contributed by atoms with E-state index in [0.29, 0.717) is 18.6 Å². The molecule has 3 aliphatic rings. The Bertz CT molecular complexity index is 1120. The van der Waals surface area contributed by atoms with E-state index in [0.717, 1.165) is 25.7 Å². The molecule has 4 atom stereocenters. The van der Waals surface area contributed by atoms with Crippen molar-refractivity contribution in [3.05, 3.63) is 29.8 Å². The first-order chi connectivity index (χ1) is 16.9. The molecule has 0 radical (unpaired) electrons. The number of Topliss-reactive ketones (excluding diaryl/α,β-unsaturated/α-hetero) is 1. The summed E-state index contributed by atoms with van der Waals surface area (Å²) in [5.74, 6) is -0.387. The first kappa shape index (κ1) is 26.6. The molecular formula is C26H37N3O6S. The van der Waals surface area contributed by atoms with E-state index in [1.165, 1.54) is 12.1 Å². The first-order valence-corrected chi connectivity index (χ1v) is 14.4. The lowest BCUT2D eigenvalue weighted by Gasteiger charge is -2.38. The molecule has 1 heterocycles. The predicted octanol–water partition coefficient (Wildman–Crippen LogP) is 2.81. The summed E-state index contributed by atoms with van der Waals surface area (Å²) in [5.41, 5.74) is 1.18. The monoisotopic (exact) mass is 519 g/mol. The minimum atomic E-state index is -3.93. The second-order valence-electron chi connectivity index (χ2n) is 11.2. The summed E-state index contributed by atoms with van der Waals surface area (Å²) in [6, 6.07) is 6.51. The largest absolute Gasteiger partial charge is 0.484 e. The van der Waals surface area contributed by atoms with E-state index in [2.05, 4.69) is 10.3 Å². The molecule has 9 nitrogen and oxygen atoms in total. The number of piperidine rings is 1. The molecule has 4 rings (SSSR count). The van der Waals surface area contributed by atoms with Crippen LogP contribution < -0.4 is 15.0 Å². The number of hydrogen-bond acceptors (Lipinski definition) is 6. The van der Waals surface area contributed by atoms with Crippen LogP contribution in [-0.2, 0) is 19.6 Å². The molecule has 198 valence electrons. The average molecular weight is 520 g/mol. The van der Waals surface area contributed by atoms with Gasteiger partial charge in [-0.15, -0.1) is 4.83 Å². The fraction of sp³-hybridized carbons (Fsp3) is 0.654. The highest BCUT2D eigenvalue weighted by atomic mass is 32.2. The number of carbonyl (C=O) groups is 3. The Kier molecular flexibility index (Phi) is 7.22. The zero-order valence-corrected chi connectivity index (χ0v) is 22.3. The van der Waals surface area contributed by atoms with E-state index >= 15 is 0 Å². The Morgan fingerprint density at radius 2 is 1.72 bits per heavy atom. The molecule has 1 saturated heterocycles. The van der Waals surface area contributed by atoms with Crippen LogP contribution in [-0.4, -0.2) is 55.4 Å². The van der Waals surface area contributed by atoms with Crippen molar-refractivity contribution < 1.29 is 27.5 Å². The van der Waals surface area contributed by atoms with Crippen molar-refractivity contribution in [3.8, 4) is 5.75 Å². The van der Waals surface area contributed by atoms with Gasteiger partial charge in [0.2, 0.25) is 10.0 Å². The van der Waals surface area contributed by atoms with E-state index in [9.17, 15) is 22.8 Å². The molecule has 2 saturated carbocycles. The highest BCUT2D eigenvalue weighted by molar-refractivity contribution is 7.89. The molecule has 2 amide bonds. The maximum atomic E-state index is 12.8. The maximum absolute atomic E-state index is 12.8. The number of nitrogens with zero attached hydrogens (tertiary/aromatic N) is 1. The van der Waals surface area contributed by atoms with Crippen molar-refractivity contribution in [2.24, 2.45) is 16.7 Å². The van der Waals surface area contributed by atoms with Crippen molar-refractivity contribution in [2.75, 3.05) is 12.4 Å². The molecule has 2 bridgehead atoms. The molecule has 10 heteroatoms. The number of rotatable bonds is 8. The number of fused-ring (bicyclic) bond motifs is 2. The summed E-state index contributed by atoms with van der Waals surface area (Å²) in [5, 5.41) is 0. The summed E-state index contributed by atoms with van der Waals surface area (Å²) in [7, 11) is -3.93. The summed E-state index contributed by atoms with van der Waals surface area (Å²) in [6.45, 7) is 7.94. The van der Waals surface area contributed by atoms with Gasteiger partial charge in [0.05, 0.1) is 5.75 Å². The zero-order valence-electron chi connectivity index (χ0n) is 21.5. The molecule has 1 aliphatic heterocycles. The SMILES string of the molecule is C[C@@H]1CCC[C@@H](C)N1C(=O)COc1ccc(C(=O)NNS(=O)(=O)C[C@@]23CC[C@@H](CC2=O)C3(C)C)cc1. The molecule has 2 aliphatic carbocycles. The normalized spacial score (nSPS) is 29.3. The minimum absolute atomic E-state index is 0.00118. The number of sulfonamides is 1. The number of carbonyl (C=O) groups excluding carboxylic acids is 3. The highest BCUT2D eigenvalue weighted by Crippen LogP contribution is 2.64. The number of nitrogens with one attached hydrogen (secondary N) is 2. The van der Waals surface area contributed by atoms with Crippen LogP contribution in [0.4, 0.5) is 0 Å². The lowest BCUT2D eigenvalue weighted by molar-refractivity contribution is -0.139. The van der Waals surface area contributed by atoms with Crippen LogP contribution in [0.2, 0.25) is 0 Å². The zero-order chi connectivity index (χ0) is 26.3.